The van der Waals surface area contributed by atoms with Crippen molar-refractivity contribution in [3.05, 3.63) is 0 Å². The lowest BCUT2D eigenvalue weighted by Crippen LogP contribution is -2.52. The van der Waals surface area contributed by atoms with E-state index in [9.17, 15) is 14.7 Å². The summed E-state index contributed by atoms with van der Waals surface area (Å²) in [6.45, 7) is 5.54. The van der Waals surface area contributed by atoms with Crippen molar-refractivity contribution in [3.63, 3.8) is 0 Å². The highest BCUT2D eigenvalue weighted by Crippen LogP contribution is 2.44. The molecule has 16 heavy (non-hydrogen) atoms. The van der Waals surface area contributed by atoms with Crippen LogP contribution in [-0.4, -0.2) is 34.0 Å². The fraction of sp³-hybridized carbons (Fsp3) is 0.833. The van der Waals surface area contributed by atoms with E-state index in [1.807, 2.05) is 20.8 Å². The Morgan fingerprint density at radius 2 is 1.88 bits per heavy atom. The summed E-state index contributed by atoms with van der Waals surface area (Å²) in [5.74, 6) is -0.689. The number of carbonyl (C=O) groups is 2. The zero-order valence-electron chi connectivity index (χ0n) is 10.1. The minimum Gasteiger partial charge on any atom is -0.480 e. The number of rotatable bonds is 1. The van der Waals surface area contributed by atoms with Gasteiger partial charge in [-0.05, 0) is 25.2 Å². The zero-order valence-corrected chi connectivity index (χ0v) is 10.1. The molecule has 1 aliphatic heterocycles. The lowest BCUT2D eigenvalue weighted by atomic mass is 9.91. The second-order valence-corrected chi connectivity index (χ2v) is 5.97. The van der Waals surface area contributed by atoms with Gasteiger partial charge < -0.3 is 10.0 Å². The lowest BCUT2D eigenvalue weighted by molar-refractivity contribution is -0.156. The van der Waals surface area contributed by atoms with E-state index >= 15 is 0 Å². The van der Waals surface area contributed by atoms with Crippen LogP contribution in [0.5, 0.6) is 0 Å². The van der Waals surface area contributed by atoms with Crippen LogP contribution in [-0.2, 0) is 9.59 Å². The van der Waals surface area contributed by atoms with E-state index in [1.54, 1.807) is 4.90 Å². The Bertz CT molecular complexity index is 332. The van der Waals surface area contributed by atoms with E-state index in [-0.39, 0.29) is 17.9 Å². The molecule has 0 aromatic carbocycles. The Morgan fingerprint density at radius 1 is 1.25 bits per heavy atom. The molecule has 2 rings (SSSR count). The van der Waals surface area contributed by atoms with Crippen molar-refractivity contribution in [3.8, 4) is 0 Å². The number of piperidine rings is 1. The van der Waals surface area contributed by atoms with Gasteiger partial charge in [0.05, 0.1) is 0 Å². The minimum atomic E-state index is -0.843. The van der Waals surface area contributed by atoms with Gasteiger partial charge in [-0.15, -0.1) is 0 Å². The number of nitrogens with zero attached hydrogens (tertiary/aromatic N) is 1. The summed E-state index contributed by atoms with van der Waals surface area (Å²) in [6, 6.07) is -0.414. The maximum Gasteiger partial charge on any atom is 0.326 e. The second-order valence-electron chi connectivity index (χ2n) is 5.97. The van der Waals surface area contributed by atoms with Crippen LogP contribution in [0.4, 0.5) is 0 Å². The average molecular weight is 225 g/mol. The van der Waals surface area contributed by atoms with Crippen LogP contribution >= 0.6 is 0 Å². The molecule has 90 valence electrons. The number of amides is 1. The highest BCUT2D eigenvalue weighted by atomic mass is 16.4. The third-order valence-corrected chi connectivity index (χ3v) is 3.71. The number of carboxylic acids is 1. The third-order valence-electron chi connectivity index (χ3n) is 3.71. The number of carboxylic acid groups (broad SMARTS) is 1. The van der Waals surface area contributed by atoms with Crippen LogP contribution in [0, 0.1) is 11.3 Å². The summed E-state index contributed by atoms with van der Waals surface area (Å²) < 4.78 is 0. The topological polar surface area (TPSA) is 57.6 Å². The third kappa shape index (κ3) is 1.60. The van der Waals surface area contributed by atoms with Gasteiger partial charge in [0.2, 0.25) is 5.91 Å². The molecule has 1 saturated heterocycles. The molecule has 1 unspecified atom stereocenters. The number of likely N-dealkylation sites (tertiary alicyclic amines) is 1. The molecule has 0 spiro atoms. The average Bonchev–Trinajstić information content (AvgIpc) is 2.72. The minimum absolute atomic E-state index is 0.0212. The molecular weight excluding hydrogens is 206 g/mol. The largest absolute Gasteiger partial charge is 0.480 e. The molecule has 3 atom stereocenters. The van der Waals surface area contributed by atoms with Gasteiger partial charge in [0.1, 0.15) is 6.04 Å². The van der Waals surface area contributed by atoms with E-state index in [1.165, 1.54) is 0 Å². The molecule has 1 N–H and O–H groups in total. The lowest BCUT2D eigenvalue weighted by Gasteiger charge is -2.36. The predicted molar refractivity (Wildman–Crippen MR) is 58.9 cm³/mol. The molecule has 4 nitrogen and oxygen atoms in total. The first kappa shape index (κ1) is 11.4. The molecule has 1 saturated carbocycles. The van der Waals surface area contributed by atoms with Crippen molar-refractivity contribution in [1.82, 2.24) is 4.90 Å². The van der Waals surface area contributed by atoms with Gasteiger partial charge >= 0.3 is 5.97 Å². The molecule has 0 radical (unpaired) electrons. The maximum atomic E-state index is 12.2. The van der Waals surface area contributed by atoms with Gasteiger partial charge in [-0.1, -0.05) is 20.8 Å². The van der Waals surface area contributed by atoms with Crippen LogP contribution < -0.4 is 0 Å². The van der Waals surface area contributed by atoms with Crippen molar-refractivity contribution in [1.29, 1.82) is 0 Å². The van der Waals surface area contributed by atoms with Gasteiger partial charge in [0.15, 0.2) is 0 Å². The summed E-state index contributed by atoms with van der Waals surface area (Å²) in [5.41, 5.74) is -0.488. The molecule has 1 heterocycles. The fourth-order valence-corrected chi connectivity index (χ4v) is 2.99. The summed E-state index contributed by atoms with van der Waals surface area (Å²) in [5, 5.41) is 9.23. The van der Waals surface area contributed by atoms with Crippen molar-refractivity contribution < 1.29 is 14.7 Å². The van der Waals surface area contributed by atoms with Crippen LogP contribution in [0.25, 0.3) is 0 Å². The fourth-order valence-electron chi connectivity index (χ4n) is 2.99. The predicted octanol–water partition coefficient (Wildman–Crippen LogP) is 1.50. The van der Waals surface area contributed by atoms with E-state index in [2.05, 4.69) is 0 Å². The van der Waals surface area contributed by atoms with Crippen molar-refractivity contribution >= 4 is 11.9 Å². The Kier molecular flexibility index (Phi) is 2.48. The zero-order chi connectivity index (χ0) is 12.1. The standard InChI is InChI=1S/C12H19NO3/c1-12(2,3)11(16)13-8-5-4-7(6-8)9(13)10(14)15/h7-9H,4-6H2,1-3H3,(H,14,15)/t7-,8?,9-/m0/s1. The number of carbonyl (C=O) groups excluding carboxylic acids is 1. The second kappa shape index (κ2) is 3.47. The molecule has 2 aliphatic rings. The van der Waals surface area contributed by atoms with Gasteiger partial charge in [-0.3, -0.25) is 4.79 Å². The number of hydrogen-bond acceptors (Lipinski definition) is 2. The number of hydrogen-bond donors (Lipinski definition) is 1. The molecule has 0 aromatic heterocycles. The normalized spacial score (nSPS) is 33.2. The number of fused-ring (bicyclic) bond motifs is 2. The van der Waals surface area contributed by atoms with E-state index in [0.29, 0.717) is 0 Å². The first-order valence-corrected chi connectivity index (χ1v) is 5.88. The summed E-state index contributed by atoms with van der Waals surface area (Å²) in [4.78, 5) is 25.1. The first-order chi connectivity index (χ1) is 7.32. The van der Waals surface area contributed by atoms with Crippen molar-refractivity contribution in [2.75, 3.05) is 0 Å². The van der Waals surface area contributed by atoms with E-state index < -0.39 is 17.4 Å². The van der Waals surface area contributed by atoms with Gasteiger partial charge in [-0.2, -0.15) is 0 Å². The Balaban J connectivity index is 2.26. The summed E-state index contributed by atoms with van der Waals surface area (Å²) in [7, 11) is 0. The summed E-state index contributed by atoms with van der Waals surface area (Å²) >= 11 is 0. The van der Waals surface area contributed by atoms with E-state index in [0.717, 1.165) is 19.3 Å². The first-order valence-electron chi connectivity index (χ1n) is 5.88. The molecule has 1 aliphatic carbocycles. The van der Waals surface area contributed by atoms with Crippen LogP contribution in [0.15, 0.2) is 0 Å². The quantitative estimate of drug-likeness (QED) is 0.735. The maximum absolute atomic E-state index is 12.2. The SMILES string of the molecule is CC(C)(C)C(=O)N1C2CC[C@@H](C2)[C@H]1C(=O)O. The molecule has 0 aromatic rings. The Hall–Kier alpha value is -1.06. The van der Waals surface area contributed by atoms with Gasteiger partial charge in [0, 0.05) is 11.5 Å². The highest BCUT2D eigenvalue weighted by Gasteiger charge is 2.52. The van der Waals surface area contributed by atoms with Crippen LogP contribution in [0.1, 0.15) is 40.0 Å². The molecule has 1 amide bonds. The molecule has 2 bridgehead atoms. The van der Waals surface area contributed by atoms with Crippen molar-refractivity contribution in [2.45, 2.75) is 52.1 Å². The van der Waals surface area contributed by atoms with Gasteiger partial charge in [-0.25, -0.2) is 4.79 Å². The Labute approximate surface area is 95.6 Å². The van der Waals surface area contributed by atoms with Gasteiger partial charge in [0.25, 0.3) is 0 Å². The van der Waals surface area contributed by atoms with E-state index in [4.69, 9.17) is 0 Å². The van der Waals surface area contributed by atoms with Crippen molar-refractivity contribution in [2.24, 2.45) is 11.3 Å². The monoisotopic (exact) mass is 225 g/mol. The number of aliphatic carboxylic acids is 1. The smallest absolute Gasteiger partial charge is 0.326 e. The molecular formula is C12H19NO3. The Morgan fingerprint density at radius 3 is 2.38 bits per heavy atom. The molecule has 2 fully saturated rings. The molecule has 4 heteroatoms. The van der Waals surface area contributed by atoms with Crippen LogP contribution in [0.3, 0.4) is 0 Å². The van der Waals surface area contributed by atoms with Crippen LogP contribution in [0.2, 0.25) is 0 Å². The highest BCUT2D eigenvalue weighted by molar-refractivity contribution is 5.88. The summed E-state index contributed by atoms with van der Waals surface area (Å²) in [6.07, 6.45) is 2.80.